The normalized spacial score (nSPS) is 15.8. The van der Waals surface area contributed by atoms with Crippen molar-refractivity contribution in [3.05, 3.63) is 40.2 Å². The van der Waals surface area contributed by atoms with Crippen LogP contribution in [0, 0.1) is 0 Å². The Kier molecular flexibility index (Phi) is 2.97. The van der Waals surface area contributed by atoms with Crippen LogP contribution in [0.5, 0.6) is 5.75 Å². The van der Waals surface area contributed by atoms with E-state index in [2.05, 4.69) is 0 Å². The number of hydrogen-bond donors (Lipinski definition) is 2. The number of phenols is 1. The van der Waals surface area contributed by atoms with Gasteiger partial charge >= 0.3 is 5.97 Å². The smallest absolute Gasteiger partial charge is 0.341 e. The van der Waals surface area contributed by atoms with Crippen LogP contribution in [0.4, 0.5) is 0 Å². The molecule has 1 heterocycles. The van der Waals surface area contributed by atoms with Crippen molar-refractivity contribution in [2.75, 3.05) is 0 Å². The van der Waals surface area contributed by atoms with Crippen molar-refractivity contribution in [2.45, 2.75) is 31.7 Å². The Bertz CT molecular complexity index is 741. The summed E-state index contributed by atoms with van der Waals surface area (Å²) in [6.45, 7) is 0. The van der Waals surface area contributed by atoms with E-state index in [4.69, 9.17) is 0 Å². The lowest BCUT2D eigenvalue weighted by molar-refractivity contribution is 0.0694. The molecule has 1 fully saturated rings. The molecule has 1 aliphatic rings. The van der Waals surface area contributed by atoms with Crippen LogP contribution in [0.3, 0.4) is 0 Å². The predicted octanol–water partition coefficient (Wildman–Crippen LogP) is 2.52. The number of carboxylic acid groups (broad SMARTS) is 1. The van der Waals surface area contributed by atoms with Gasteiger partial charge in [0.05, 0.1) is 5.52 Å². The van der Waals surface area contributed by atoms with Crippen LogP contribution in [0.1, 0.15) is 42.1 Å². The molecule has 0 amide bonds. The van der Waals surface area contributed by atoms with Gasteiger partial charge in [0.2, 0.25) is 5.43 Å². The maximum Gasteiger partial charge on any atom is 0.341 e. The maximum atomic E-state index is 12.2. The van der Waals surface area contributed by atoms with Crippen LogP contribution in [0.25, 0.3) is 10.9 Å². The molecular formula is C15H15NO4. The first kappa shape index (κ1) is 12.7. The van der Waals surface area contributed by atoms with Gasteiger partial charge in [-0.1, -0.05) is 12.8 Å². The zero-order valence-electron chi connectivity index (χ0n) is 10.9. The summed E-state index contributed by atoms with van der Waals surface area (Å²) in [7, 11) is 0. The van der Waals surface area contributed by atoms with Gasteiger partial charge in [-0.3, -0.25) is 4.79 Å². The number of aromatic carboxylic acids is 1. The SMILES string of the molecule is O=C(O)c1cn(C2CCCC2)c2cc(O)ccc2c1=O. The summed E-state index contributed by atoms with van der Waals surface area (Å²) < 4.78 is 1.84. The number of aromatic hydroxyl groups is 1. The van der Waals surface area contributed by atoms with E-state index < -0.39 is 11.4 Å². The number of nitrogens with zero attached hydrogens (tertiary/aromatic N) is 1. The largest absolute Gasteiger partial charge is 0.508 e. The quantitative estimate of drug-likeness (QED) is 0.881. The molecule has 1 aromatic carbocycles. The van der Waals surface area contributed by atoms with Gasteiger partial charge < -0.3 is 14.8 Å². The lowest BCUT2D eigenvalue weighted by atomic mass is 10.1. The van der Waals surface area contributed by atoms with E-state index in [0.29, 0.717) is 10.9 Å². The molecule has 1 saturated carbocycles. The van der Waals surface area contributed by atoms with Crippen molar-refractivity contribution in [3.63, 3.8) is 0 Å². The summed E-state index contributed by atoms with van der Waals surface area (Å²) >= 11 is 0. The second-order valence-electron chi connectivity index (χ2n) is 5.22. The number of carbonyl (C=O) groups is 1. The maximum absolute atomic E-state index is 12.2. The molecule has 1 aromatic heterocycles. The van der Waals surface area contributed by atoms with Gasteiger partial charge in [0.1, 0.15) is 11.3 Å². The van der Waals surface area contributed by atoms with Gasteiger partial charge in [-0.05, 0) is 25.0 Å². The third-order valence-electron chi connectivity index (χ3n) is 3.97. The molecule has 0 spiro atoms. The number of aromatic nitrogens is 1. The van der Waals surface area contributed by atoms with Crippen molar-refractivity contribution in [2.24, 2.45) is 0 Å². The van der Waals surface area contributed by atoms with Gasteiger partial charge in [-0.15, -0.1) is 0 Å². The molecule has 1 aliphatic carbocycles. The Morgan fingerprint density at radius 1 is 1.25 bits per heavy atom. The Morgan fingerprint density at radius 3 is 2.60 bits per heavy atom. The van der Waals surface area contributed by atoms with Gasteiger partial charge in [0.25, 0.3) is 0 Å². The molecule has 2 aromatic rings. The Morgan fingerprint density at radius 2 is 1.95 bits per heavy atom. The first-order chi connectivity index (χ1) is 9.58. The minimum atomic E-state index is -1.21. The summed E-state index contributed by atoms with van der Waals surface area (Å²) in [4.78, 5) is 23.4. The van der Waals surface area contributed by atoms with E-state index in [1.807, 2.05) is 4.57 Å². The van der Waals surface area contributed by atoms with Crippen LogP contribution in [0.15, 0.2) is 29.2 Å². The number of fused-ring (bicyclic) bond motifs is 1. The topological polar surface area (TPSA) is 79.5 Å². The summed E-state index contributed by atoms with van der Waals surface area (Å²) in [6, 6.07) is 4.62. The average molecular weight is 273 g/mol. The van der Waals surface area contributed by atoms with E-state index in [0.717, 1.165) is 25.7 Å². The van der Waals surface area contributed by atoms with Crippen molar-refractivity contribution in [3.8, 4) is 5.75 Å². The molecule has 0 radical (unpaired) electrons. The summed E-state index contributed by atoms with van der Waals surface area (Å²) in [6.07, 6.45) is 5.54. The number of benzene rings is 1. The number of hydrogen-bond acceptors (Lipinski definition) is 3. The molecule has 0 atom stereocenters. The first-order valence-corrected chi connectivity index (χ1v) is 6.69. The van der Waals surface area contributed by atoms with Gasteiger partial charge in [0, 0.05) is 23.7 Å². The second-order valence-corrected chi connectivity index (χ2v) is 5.22. The summed E-state index contributed by atoms with van der Waals surface area (Å²) in [5.41, 5.74) is -0.108. The van der Waals surface area contributed by atoms with Crippen molar-refractivity contribution < 1.29 is 15.0 Å². The summed E-state index contributed by atoms with van der Waals surface area (Å²) in [5.74, 6) is -1.14. The number of pyridine rings is 1. The zero-order valence-corrected chi connectivity index (χ0v) is 10.9. The Balaban J connectivity index is 2.35. The molecule has 2 N–H and O–H groups in total. The fourth-order valence-corrected chi connectivity index (χ4v) is 2.97. The minimum Gasteiger partial charge on any atom is -0.508 e. The third-order valence-corrected chi connectivity index (χ3v) is 3.97. The van der Waals surface area contributed by atoms with E-state index in [-0.39, 0.29) is 17.4 Å². The van der Waals surface area contributed by atoms with Crippen LogP contribution < -0.4 is 5.43 Å². The van der Waals surface area contributed by atoms with E-state index in [1.165, 1.54) is 24.4 Å². The molecule has 3 rings (SSSR count). The van der Waals surface area contributed by atoms with E-state index >= 15 is 0 Å². The fraction of sp³-hybridized carbons (Fsp3) is 0.333. The highest BCUT2D eigenvalue weighted by molar-refractivity contribution is 5.92. The molecule has 0 unspecified atom stereocenters. The second kappa shape index (κ2) is 4.67. The zero-order chi connectivity index (χ0) is 14.3. The van der Waals surface area contributed by atoms with Crippen LogP contribution in [-0.2, 0) is 0 Å². The monoisotopic (exact) mass is 273 g/mol. The highest BCUT2D eigenvalue weighted by atomic mass is 16.4. The minimum absolute atomic E-state index is 0.0757. The molecule has 0 saturated heterocycles. The molecule has 0 aliphatic heterocycles. The van der Waals surface area contributed by atoms with Crippen molar-refractivity contribution >= 4 is 16.9 Å². The number of rotatable bonds is 2. The molecular weight excluding hydrogens is 258 g/mol. The van der Waals surface area contributed by atoms with E-state index in [9.17, 15) is 19.8 Å². The van der Waals surface area contributed by atoms with E-state index in [1.54, 1.807) is 0 Å². The molecule has 0 bridgehead atoms. The van der Waals surface area contributed by atoms with Crippen LogP contribution >= 0.6 is 0 Å². The van der Waals surface area contributed by atoms with Crippen molar-refractivity contribution in [1.82, 2.24) is 4.57 Å². The van der Waals surface area contributed by atoms with Crippen molar-refractivity contribution in [1.29, 1.82) is 0 Å². The van der Waals surface area contributed by atoms with Gasteiger partial charge in [-0.2, -0.15) is 0 Å². The highest BCUT2D eigenvalue weighted by Crippen LogP contribution is 2.32. The fourth-order valence-electron chi connectivity index (χ4n) is 2.97. The number of phenolic OH excluding ortho intramolecular Hbond substituents is 1. The molecule has 20 heavy (non-hydrogen) atoms. The summed E-state index contributed by atoms with van der Waals surface area (Å²) in [5, 5.41) is 19.2. The highest BCUT2D eigenvalue weighted by Gasteiger charge is 2.21. The Labute approximate surface area is 115 Å². The van der Waals surface area contributed by atoms with Gasteiger partial charge in [0.15, 0.2) is 0 Å². The van der Waals surface area contributed by atoms with Gasteiger partial charge in [-0.25, -0.2) is 4.79 Å². The standard InChI is InChI=1S/C15H15NO4/c17-10-5-6-11-13(7-10)16(9-3-1-2-4-9)8-12(14(11)18)15(19)20/h5-9,17H,1-4H2,(H,19,20). The number of carboxylic acids is 1. The van der Waals surface area contributed by atoms with Crippen LogP contribution in [0.2, 0.25) is 0 Å². The Hall–Kier alpha value is -2.30. The molecule has 104 valence electrons. The average Bonchev–Trinajstić information content (AvgIpc) is 2.92. The lowest BCUT2D eigenvalue weighted by Gasteiger charge is -2.18. The third kappa shape index (κ3) is 1.95. The lowest BCUT2D eigenvalue weighted by Crippen LogP contribution is -2.20. The predicted molar refractivity (Wildman–Crippen MR) is 74.3 cm³/mol. The van der Waals surface area contributed by atoms with Crippen LogP contribution in [-0.4, -0.2) is 20.7 Å². The first-order valence-electron chi connectivity index (χ1n) is 6.69. The molecule has 5 heteroatoms. The molecule has 5 nitrogen and oxygen atoms in total.